The van der Waals surface area contributed by atoms with Crippen LogP contribution in [-0.4, -0.2) is 8.42 Å². The first-order chi connectivity index (χ1) is 9.94. The van der Waals surface area contributed by atoms with Gasteiger partial charge in [0, 0.05) is 16.7 Å². The van der Waals surface area contributed by atoms with Crippen molar-refractivity contribution in [3.63, 3.8) is 0 Å². The third kappa shape index (κ3) is 3.61. The van der Waals surface area contributed by atoms with Crippen LogP contribution >= 0.6 is 15.9 Å². The molecule has 0 radical (unpaired) electrons. The minimum Gasteiger partial charge on any atom is -0.399 e. The highest BCUT2D eigenvalue weighted by Crippen LogP contribution is 2.20. The van der Waals surface area contributed by atoms with E-state index in [1.165, 1.54) is 18.2 Å². The molecule has 2 aromatic rings. The molecule has 108 valence electrons. The van der Waals surface area contributed by atoms with Crippen LogP contribution in [0.5, 0.6) is 0 Å². The summed E-state index contributed by atoms with van der Waals surface area (Å²) in [5, 5.41) is 9.03. The minimum atomic E-state index is -3.78. The van der Waals surface area contributed by atoms with E-state index >= 15 is 0 Å². The van der Waals surface area contributed by atoms with Crippen molar-refractivity contribution in [3.05, 3.63) is 58.1 Å². The molecule has 2 aromatic carbocycles. The summed E-state index contributed by atoms with van der Waals surface area (Å²) in [7, 11) is -3.78. The molecule has 0 aromatic heterocycles. The van der Waals surface area contributed by atoms with Gasteiger partial charge in [0.2, 0.25) is 10.0 Å². The van der Waals surface area contributed by atoms with E-state index in [9.17, 15) is 8.42 Å². The number of anilines is 1. The third-order valence-electron chi connectivity index (χ3n) is 2.82. The summed E-state index contributed by atoms with van der Waals surface area (Å²) >= 11 is 3.35. The number of nitrogen functional groups attached to an aromatic ring is 1. The molecule has 0 aliphatic carbocycles. The van der Waals surface area contributed by atoms with Gasteiger partial charge in [0.25, 0.3) is 0 Å². The summed E-state index contributed by atoms with van der Waals surface area (Å²) < 4.78 is 27.9. The van der Waals surface area contributed by atoms with Crippen molar-refractivity contribution in [1.82, 2.24) is 4.72 Å². The maximum Gasteiger partial charge on any atom is 0.242 e. The fourth-order valence-corrected chi connectivity index (χ4v) is 3.33. The fourth-order valence-electron chi connectivity index (χ4n) is 1.76. The Bertz CT molecular complexity index is 813. The topological polar surface area (TPSA) is 96.0 Å². The Morgan fingerprint density at radius 1 is 1.24 bits per heavy atom. The van der Waals surface area contributed by atoms with Crippen LogP contribution in [0.2, 0.25) is 0 Å². The van der Waals surface area contributed by atoms with Gasteiger partial charge in [-0.1, -0.05) is 34.1 Å². The van der Waals surface area contributed by atoms with Crippen molar-refractivity contribution in [2.24, 2.45) is 0 Å². The number of nitrogens with two attached hydrogens (primary N) is 1. The Morgan fingerprint density at radius 3 is 2.62 bits per heavy atom. The molecule has 0 aliphatic heterocycles. The van der Waals surface area contributed by atoms with E-state index in [1.807, 2.05) is 24.3 Å². The van der Waals surface area contributed by atoms with Gasteiger partial charge in [0.15, 0.2) is 0 Å². The minimum absolute atomic E-state index is 0.0228. The molecule has 0 saturated heterocycles. The third-order valence-corrected chi connectivity index (χ3v) is 5.06. The van der Waals surface area contributed by atoms with E-state index in [-0.39, 0.29) is 17.0 Å². The fraction of sp³-hybridized carbons (Fsp3) is 0.0714. The lowest BCUT2D eigenvalue weighted by molar-refractivity contribution is 0.581. The normalized spacial score (nSPS) is 11.0. The highest BCUT2D eigenvalue weighted by atomic mass is 79.9. The highest BCUT2D eigenvalue weighted by molar-refractivity contribution is 9.10. The molecule has 0 bridgehead atoms. The molecule has 7 heteroatoms. The number of nitrogens with zero attached hydrogens (tertiary/aromatic N) is 1. The van der Waals surface area contributed by atoms with Crippen LogP contribution in [0.1, 0.15) is 11.1 Å². The molecular formula is C14H12BrN3O2S. The predicted octanol–water partition coefficient (Wildman–Crippen LogP) is 2.38. The number of rotatable bonds is 4. The van der Waals surface area contributed by atoms with Gasteiger partial charge in [-0.05, 0) is 29.8 Å². The van der Waals surface area contributed by atoms with Crippen molar-refractivity contribution in [3.8, 4) is 6.07 Å². The van der Waals surface area contributed by atoms with Crippen LogP contribution < -0.4 is 10.5 Å². The van der Waals surface area contributed by atoms with E-state index < -0.39 is 10.0 Å². The first-order valence-corrected chi connectivity index (χ1v) is 8.24. The molecule has 0 atom stereocenters. The second-order valence-electron chi connectivity index (χ2n) is 4.28. The molecular weight excluding hydrogens is 354 g/mol. The van der Waals surface area contributed by atoms with Crippen molar-refractivity contribution in [2.75, 3.05) is 5.73 Å². The smallest absolute Gasteiger partial charge is 0.242 e. The average Bonchev–Trinajstić information content (AvgIpc) is 2.46. The molecule has 5 nitrogen and oxygen atoms in total. The second kappa shape index (κ2) is 6.26. The molecule has 0 aliphatic rings. The van der Waals surface area contributed by atoms with Crippen molar-refractivity contribution in [2.45, 2.75) is 11.4 Å². The van der Waals surface area contributed by atoms with Gasteiger partial charge in [-0.3, -0.25) is 0 Å². The van der Waals surface area contributed by atoms with Crippen LogP contribution in [0.4, 0.5) is 5.69 Å². The van der Waals surface area contributed by atoms with Gasteiger partial charge in [0.1, 0.15) is 6.07 Å². The molecule has 21 heavy (non-hydrogen) atoms. The summed E-state index contributed by atoms with van der Waals surface area (Å²) in [6.07, 6.45) is 0. The predicted molar refractivity (Wildman–Crippen MR) is 83.7 cm³/mol. The summed E-state index contributed by atoms with van der Waals surface area (Å²) in [5.74, 6) is 0. The van der Waals surface area contributed by atoms with E-state index in [4.69, 9.17) is 11.0 Å². The number of halogens is 1. The molecule has 0 spiro atoms. The van der Waals surface area contributed by atoms with Crippen LogP contribution in [0.15, 0.2) is 51.8 Å². The summed E-state index contributed by atoms with van der Waals surface area (Å²) in [6.45, 7) is 0.124. The zero-order chi connectivity index (χ0) is 15.5. The van der Waals surface area contributed by atoms with Gasteiger partial charge < -0.3 is 5.73 Å². The van der Waals surface area contributed by atoms with Crippen LogP contribution in [0, 0.1) is 11.3 Å². The molecule has 0 amide bonds. The number of nitriles is 1. The lowest BCUT2D eigenvalue weighted by Crippen LogP contribution is -2.24. The van der Waals surface area contributed by atoms with Gasteiger partial charge in [0.05, 0.1) is 10.5 Å². The van der Waals surface area contributed by atoms with Crippen molar-refractivity contribution < 1.29 is 8.42 Å². The first kappa shape index (κ1) is 15.5. The largest absolute Gasteiger partial charge is 0.399 e. The van der Waals surface area contributed by atoms with Crippen molar-refractivity contribution in [1.29, 1.82) is 5.26 Å². The SMILES string of the molecule is N#Cc1cc(N)ccc1S(=O)(=O)NCc1ccccc1Br. The van der Waals surface area contributed by atoms with Gasteiger partial charge in [-0.2, -0.15) is 5.26 Å². The van der Waals surface area contributed by atoms with Gasteiger partial charge in [-0.15, -0.1) is 0 Å². The average molecular weight is 366 g/mol. The Labute approximate surface area is 131 Å². The van der Waals surface area contributed by atoms with Crippen molar-refractivity contribution >= 4 is 31.6 Å². The van der Waals surface area contributed by atoms with E-state index in [1.54, 1.807) is 6.07 Å². The number of sulfonamides is 1. The maximum absolute atomic E-state index is 12.3. The summed E-state index contributed by atoms with van der Waals surface area (Å²) in [4.78, 5) is -0.0775. The van der Waals surface area contributed by atoms with Gasteiger partial charge in [-0.25, -0.2) is 13.1 Å². The number of hydrogen-bond acceptors (Lipinski definition) is 4. The quantitative estimate of drug-likeness (QED) is 0.812. The zero-order valence-electron chi connectivity index (χ0n) is 10.9. The summed E-state index contributed by atoms with van der Waals surface area (Å²) in [5.41, 5.74) is 6.73. The van der Waals surface area contributed by atoms with Crippen LogP contribution in [-0.2, 0) is 16.6 Å². The van der Waals surface area contributed by atoms with E-state index in [2.05, 4.69) is 20.7 Å². The Balaban J connectivity index is 2.28. The van der Waals surface area contributed by atoms with E-state index in [0.29, 0.717) is 5.69 Å². The molecule has 3 N–H and O–H groups in total. The second-order valence-corrected chi connectivity index (χ2v) is 6.87. The van der Waals surface area contributed by atoms with Gasteiger partial charge >= 0.3 is 0 Å². The number of benzene rings is 2. The maximum atomic E-state index is 12.3. The number of hydrogen-bond donors (Lipinski definition) is 2. The summed E-state index contributed by atoms with van der Waals surface area (Å²) in [6, 6.07) is 13.3. The molecule has 0 heterocycles. The Hall–Kier alpha value is -1.88. The molecule has 0 saturated carbocycles. The Kier molecular flexibility index (Phi) is 4.63. The number of nitrogens with one attached hydrogen (secondary N) is 1. The zero-order valence-corrected chi connectivity index (χ0v) is 13.3. The lowest BCUT2D eigenvalue weighted by atomic mass is 10.2. The Morgan fingerprint density at radius 2 is 1.95 bits per heavy atom. The highest BCUT2D eigenvalue weighted by Gasteiger charge is 2.18. The first-order valence-electron chi connectivity index (χ1n) is 5.97. The van der Waals surface area contributed by atoms with Crippen LogP contribution in [0.3, 0.4) is 0 Å². The lowest BCUT2D eigenvalue weighted by Gasteiger charge is -2.09. The van der Waals surface area contributed by atoms with E-state index in [0.717, 1.165) is 10.0 Å². The molecule has 0 unspecified atom stereocenters. The standard InChI is InChI=1S/C14H12BrN3O2S/c15-13-4-2-1-3-10(13)9-18-21(19,20)14-6-5-12(17)7-11(14)8-16/h1-7,18H,9,17H2. The molecule has 0 fully saturated rings. The molecule has 2 rings (SSSR count). The van der Waals surface area contributed by atoms with Crippen LogP contribution in [0.25, 0.3) is 0 Å². The monoisotopic (exact) mass is 365 g/mol.